The Kier molecular flexibility index (Phi) is 4.72. The van der Waals surface area contributed by atoms with E-state index in [4.69, 9.17) is 9.47 Å². The zero-order chi connectivity index (χ0) is 12.8. The van der Waals surface area contributed by atoms with Gasteiger partial charge >= 0.3 is 5.97 Å². The summed E-state index contributed by atoms with van der Waals surface area (Å²) in [6.45, 7) is 4.14. The molecule has 0 radical (unpaired) electrons. The third-order valence-electron chi connectivity index (χ3n) is 2.84. The molecule has 100 valence electrons. The maximum absolute atomic E-state index is 11.8. The molecule has 2 rings (SSSR count). The van der Waals surface area contributed by atoms with Gasteiger partial charge in [-0.15, -0.1) is 0 Å². The normalized spacial score (nSPS) is 18.4. The van der Waals surface area contributed by atoms with Crippen molar-refractivity contribution in [2.45, 2.75) is 32.4 Å². The van der Waals surface area contributed by atoms with E-state index >= 15 is 0 Å². The van der Waals surface area contributed by atoms with Crippen LogP contribution in [0, 0.1) is 0 Å². The van der Waals surface area contributed by atoms with Crippen LogP contribution >= 0.6 is 0 Å². The average molecular weight is 253 g/mol. The smallest absolute Gasteiger partial charge is 0.323 e. The number of nitrogens with one attached hydrogen (secondary N) is 2. The lowest BCUT2D eigenvalue weighted by Gasteiger charge is -2.21. The molecular weight excluding hydrogens is 234 g/mol. The van der Waals surface area contributed by atoms with Crippen molar-refractivity contribution in [2.24, 2.45) is 0 Å². The molecule has 6 heteroatoms. The SMILES string of the molecule is CCCOCCOC(=O)C1Cc2nc[nH]c2CN1. The molecule has 0 aliphatic carbocycles. The Balaban J connectivity index is 1.71. The highest BCUT2D eigenvalue weighted by atomic mass is 16.6. The molecule has 1 aliphatic heterocycles. The summed E-state index contributed by atoms with van der Waals surface area (Å²) in [5.74, 6) is -0.233. The Labute approximate surface area is 106 Å². The third-order valence-corrected chi connectivity index (χ3v) is 2.84. The first-order chi connectivity index (χ1) is 8.81. The van der Waals surface area contributed by atoms with Gasteiger partial charge in [-0.1, -0.05) is 6.92 Å². The van der Waals surface area contributed by atoms with Crippen LogP contribution in [0.3, 0.4) is 0 Å². The summed E-state index contributed by atoms with van der Waals surface area (Å²) in [5, 5.41) is 3.13. The Bertz CT molecular complexity index is 392. The zero-order valence-electron chi connectivity index (χ0n) is 10.6. The van der Waals surface area contributed by atoms with Crippen LogP contribution in [0.2, 0.25) is 0 Å². The van der Waals surface area contributed by atoms with Gasteiger partial charge in [0.25, 0.3) is 0 Å². The highest BCUT2D eigenvalue weighted by Gasteiger charge is 2.26. The molecular formula is C12H19N3O3. The van der Waals surface area contributed by atoms with Crippen LogP contribution in [0.4, 0.5) is 0 Å². The van der Waals surface area contributed by atoms with Gasteiger partial charge in [0.15, 0.2) is 0 Å². The number of hydrogen-bond donors (Lipinski definition) is 2. The summed E-state index contributed by atoms with van der Waals surface area (Å²) in [4.78, 5) is 19.0. The molecule has 18 heavy (non-hydrogen) atoms. The molecule has 1 aromatic heterocycles. The Morgan fingerprint density at radius 2 is 2.39 bits per heavy atom. The molecule has 0 saturated heterocycles. The second-order valence-corrected chi connectivity index (χ2v) is 4.25. The number of fused-ring (bicyclic) bond motifs is 1. The first-order valence-corrected chi connectivity index (χ1v) is 6.30. The lowest BCUT2D eigenvalue weighted by Crippen LogP contribution is -2.43. The van der Waals surface area contributed by atoms with E-state index in [9.17, 15) is 4.79 Å². The third kappa shape index (κ3) is 3.30. The monoisotopic (exact) mass is 253 g/mol. The summed E-state index contributed by atoms with van der Waals surface area (Å²) in [5.41, 5.74) is 1.99. The first-order valence-electron chi connectivity index (χ1n) is 6.30. The second kappa shape index (κ2) is 6.51. The van der Waals surface area contributed by atoms with Crippen LogP contribution in [-0.4, -0.2) is 41.8 Å². The number of esters is 1. The number of carbonyl (C=O) groups excluding carboxylic acids is 1. The van der Waals surface area contributed by atoms with Crippen molar-refractivity contribution in [2.75, 3.05) is 19.8 Å². The summed E-state index contributed by atoms with van der Waals surface area (Å²) in [6.07, 6.45) is 3.20. The van der Waals surface area contributed by atoms with Crippen molar-refractivity contribution in [1.82, 2.24) is 15.3 Å². The summed E-state index contributed by atoms with van der Waals surface area (Å²) >= 11 is 0. The molecule has 1 atom stereocenters. The quantitative estimate of drug-likeness (QED) is 0.566. The van der Waals surface area contributed by atoms with Crippen LogP contribution in [0.1, 0.15) is 24.7 Å². The predicted molar refractivity (Wildman–Crippen MR) is 65.0 cm³/mol. The Morgan fingerprint density at radius 1 is 1.50 bits per heavy atom. The van der Waals surface area contributed by atoms with E-state index < -0.39 is 0 Å². The number of nitrogens with zero attached hydrogens (tertiary/aromatic N) is 1. The van der Waals surface area contributed by atoms with E-state index in [1.807, 2.05) is 6.92 Å². The van der Waals surface area contributed by atoms with Crippen molar-refractivity contribution >= 4 is 5.97 Å². The van der Waals surface area contributed by atoms with Crippen LogP contribution in [-0.2, 0) is 27.2 Å². The molecule has 0 bridgehead atoms. The number of H-pyrrole nitrogens is 1. The van der Waals surface area contributed by atoms with Crippen LogP contribution in [0.25, 0.3) is 0 Å². The molecule has 0 fully saturated rings. The summed E-state index contributed by atoms with van der Waals surface area (Å²) < 4.78 is 10.4. The second-order valence-electron chi connectivity index (χ2n) is 4.25. The zero-order valence-corrected chi connectivity index (χ0v) is 10.6. The van der Waals surface area contributed by atoms with Gasteiger partial charge in [-0.05, 0) is 6.42 Å². The number of aromatic nitrogens is 2. The number of ether oxygens (including phenoxy) is 2. The molecule has 0 spiro atoms. The van der Waals surface area contributed by atoms with Crippen molar-refractivity contribution in [3.8, 4) is 0 Å². The van der Waals surface area contributed by atoms with Crippen molar-refractivity contribution in [1.29, 1.82) is 0 Å². The number of aromatic amines is 1. The Morgan fingerprint density at radius 3 is 3.22 bits per heavy atom. The number of rotatable bonds is 6. The average Bonchev–Trinajstić information content (AvgIpc) is 2.85. The molecule has 0 saturated carbocycles. The fourth-order valence-electron chi connectivity index (χ4n) is 1.88. The molecule has 1 aromatic rings. The van der Waals surface area contributed by atoms with Crippen LogP contribution in [0.5, 0.6) is 0 Å². The van der Waals surface area contributed by atoms with Crippen LogP contribution < -0.4 is 5.32 Å². The molecule has 2 heterocycles. The van der Waals surface area contributed by atoms with Gasteiger partial charge in [0.1, 0.15) is 12.6 Å². The van der Waals surface area contributed by atoms with E-state index in [-0.39, 0.29) is 12.0 Å². The fraction of sp³-hybridized carbons (Fsp3) is 0.667. The van der Waals surface area contributed by atoms with Crippen LogP contribution in [0.15, 0.2) is 6.33 Å². The fourth-order valence-corrected chi connectivity index (χ4v) is 1.88. The summed E-state index contributed by atoms with van der Waals surface area (Å²) in [6, 6.07) is -0.299. The minimum Gasteiger partial charge on any atom is -0.462 e. The van der Waals surface area contributed by atoms with Gasteiger partial charge in [-0.25, -0.2) is 4.98 Å². The van der Waals surface area contributed by atoms with E-state index in [0.29, 0.717) is 32.8 Å². The van der Waals surface area contributed by atoms with E-state index in [2.05, 4.69) is 15.3 Å². The maximum Gasteiger partial charge on any atom is 0.323 e. The highest BCUT2D eigenvalue weighted by molar-refractivity contribution is 5.76. The van der Waals surface area contributed by atoms with E-state index in [0.717, 1.165) is 17.8 Å². The van der Waals surface area contributed by atoms with Gasteiger partial charge in [0.05, 0.1) is 24.3 Å². The molecule has 0 amide bonds. The maximum atomic E-state index is 11.8. The largest absolute Gasteiger partial charge is 0.462 e. The topological polar surface area (TPSA) is 76.2 Å². The van der Waals surface area contributed by atoms with Gasteiger partial charge in [0.2, 0.25) is 0 Å². The summed E-state index contributed by atoms with van der Waals surface area (Å²) in [7, 11) is 0. The predicted octanol–water partition coefficient (Wildman–Crippen LogP) is 0.394. The molecule has 1 aliphatic rings. The lowest BCUT2D eigenvalue weighted by molar-refractivity contribution is -0.148. The first kappa shape index (κ1) is 13.0. The van der Waals surface area contributed by atoms with Crippen molar-refractivity contribution in [3.63, 3.8) is 0 Å². The van der Waals surface area contributed by atoms with Crippen molar-refractivity contribution < 1.29 is 14.3 Å². The molecule has 1 unspecified atom stereocenters. The molecule has 0 aromatic carbocycles. The standard InChI is InChI=1S/C12H19N3O3/c1-2-3-17-4-5-18-12(16)10-6-9-11(7-13-10)15-8-14-9/h8,10,13H,2-7H2,1H3,(H,14,15). The number of carbonyl (C=O) groups is 1. The van der Waals surface area contributed by atoms with Gasteiger partial charge in [0, 0.05) is 19.6 Å². The molecule has 6 nitrogen and oxygen atoms in total. The number of imidazole rings is 1. The minimum absolute atomic E-state index is 0.233. The Hall–Kier alpha value is -1.40. The van der Waals surface area contributed by atoms with Crippen molar-refractivity contribution in [3.05, 3.63) is 17.7 Å². The number of hydrogen-bond acceptors (Lipinski definition) is 5. The van der Waals surface area contributed by atoms with Gasteiger partial charge < -0.3 is 14.5 Å². The minimum atomic E-state index is -0.299. The van der Waals surface area contributed by atoms with E-state index in [1.54, 1.807) is 6.33 Å². The van der Waals surface area contributed by atoms with Gasteiger partial charge in [-0.2, -0.15) is 0 Å². The highest BCUT2D eigenvalue weighted by Crippen LogP contribution is 2.12. The van der Waals surface area contributed by atoms with Gasteiger partial charge in [-0.3, -0.25) is 10.1 Å². The van der Waals surface area contributed by atoms with E-state index in [1.165, 1.54) is 0 Å². The molecule has 2 N–H and O–H groups in total. The lowest BCUT2D eigenvalue weighted by atomic mass is 10.1.